The molecule has 0 aromatic heterocycles. The number of rotatable bonds is 5. The Morgan fingerprint density at radius 3 is 2.72 bits per heavy atom. The molecule has 132 valence electrons. The number of nitrogens with one attached hydrogen (secondary N) is 1. The summed E-state index contributed by atoms with van der Waals surface area (Å²) >= 11 is 0. The summed E-state index contributed by atoms with van der Waals surface area (Å²) in [5, 5.41) is 2.84. The molecule has 0 atom stereocenters. The summed E-state index contributed by atoms with van der Waals surface area (Å²) < 4.78 is 5.29. The van der Waals surface area contributed by atoms with Crippen molar-refractivity contribution in [2.45, 2.75) is 33.4 Å². The average molecular weight is 338 g/mol. The van der Waals surface area contributed by atoms with E-state index in [0.29, 0.717) is 5.92 Å². The van der Waals surface area contributed by atoms with Gasteiger partial charge < -0.3 is 4.74 Å². The van der Waals surface area contributed by atoms with Gasteiger partial charge in [-0.05, 0) is 41.2 Å². The number of fused-ring (bicyclic) bond motifs is 1. The van der Waals surface area contributed by atoms with Crippen molar-refractivity contribution in [3.05, 3.63) is 65.2 Å². The van der Waals surface area contributed by atoms with Gasteiger partial charge in [0.25, 0.3) is 0 Å². The second kappa shape index (κ2) is 8.17. The number of carbonyl (C=O) groups excluding carboxylic acids is 1. The Hall–Kier alpha value is -2.33. The van der Waals surface area contributed by atoms with Gasteiger partial charge in [-0.15, -0.1) is 0 Å². The zero-order valence-corrected chi connectivity index (χ0v) is 15.0. The third kappa shape index (κ3) is 5.07. The smallest absolute Gasteiger partial charge is 0.411 e. The van der Waals surface area contributed by atoms with Gasteiger partial charge in [0.2, 0.25) is 0 Å². The maximum atomic E-state index is 12.0. The number of anilines is 1. The summed E-state index contributed by atoms with van der Waals surface area (Å²) in [7, 11) is 0. The SMILES string of the molecule is CC(C)CN1CCc2ccc(NC(=O)OCc3ccccc3)cc2C1. The van der Waals surface area contributed by atoms with Crippen LogP contribution in [0.5, 0.6) is 0 Å². The van der Waals surface area contributed by atoms with Gasteiger partial charge in [0, 0.05) is 25.3 Å². The highest BCUT2D eigenvalue weighted by molar-refractivity contribution is 5.84. The molecule has 0 radical (unpaired) electrons. The van der Waals surface area contributed by atoms with Gasteiger partial charge in [-0.1, -0.05) is 50.2 Å². The summed E-state index contributed by atoms with van der Waals surface area (Å²) in [6.45, 7) is 7.93. The van der Waals surface area contributed by atoms with E-state index in [1.165, 1.54) is 11.1 Å². The van der Waals surface area contributed by atoms with Gasteiger partial charge in [-0.2, -0.15) is 0 Å². The molecule has 25 heavy (non-hydrogen) atoms. The van der Waals surface area contributed by atoms with Crippen LogP contribution in [0.15, 0.2) is 48.5 Å². The highest BCUT2D eigenvalue weighted by atomic mass is 16.5. The maximum absolute atomic E-state index is 12.0. The minimum absolute atomic E-state index is 0.278. The molecule has 0 saturated heterocycles. The van der Waals surface area contributed by atoms with Crippen molar-refractivity contribution in [3.63, 3.8) is 0 Å². The lowest BCUT2D eigenvalue weighted by Crippen LogP contribution is -2.33. The van der Waals surface area contributed by atoms with Crippen LogP contribution < -0.4 is 5.32 Å². The molecule has 0 spiro atoms. The van der Waals surface area contributed by atoms with Crippen molar-refractivity contribution in [2.75, 3.05) is 18.4 Å². The normalized spacial score (nSPS) is 14.2. The van der Waals surface area contributed by atoms with Crippen LogP contribution in [0.1, 0.15) is 30.5 Å². The van der Waals surface area contributed by atoms with Gasteiger partial charge >= 0.3 is 6.09 Å². The Labute approximate surface area is 149 Å². The van der Waals surface area contributed by atoms with Crippen LogP contribution >= 0.6 is 0 Å². The Bertz CT molecular complexity index is 713. The van der Waals surface area contributed by atoms with Crippen molar-refractivity contribution >= 4 is 11.8 Å². The first-order valence-corrected chi connectivity index (χ1v) is 8.92. The summed E-state index contributed by atoms with van der Waals surface area (Å²) in [5.41, 5.74) is 4.45. The standard InChI is InChI=1S/C21H26N2O2/c1-16(2)13-23-11-10-18-8-9-20(12-19(18)14-23)22-21(24)25-15-17-6-4-3-5-7-17/h3-9,12,16H,10-11,13-15H2,1-2H3,(H,22,24). The van der Waals surface area contributed by atoms with E-state index in [2.05, 4.69) is 36.2 Å². The lowest BCUT2D eigenvalue weighted by atomic mass is 9.98. The Balaban J connectivity index is 1.57. The van der Waals surface area contributed by atoms with Crippen molar-refractivity contribution in [3.8, 4) is 0 Å². The highest BCUT2D eigenvalue weighted by Crippen LogP contribution is 2.23. The van der Waals surface area contributed by atoms with Crippen LogP contribution in [0, 0.1) is 5.92 Å². The average Bonchev–Trinajstić information content (AvgIpc) is 2.60. The minimum Gasteiger partial charge on any atom is -0.444 e. The number of amides is 1. The van der Waals surface area contributed by atoms with E-state index < -0.39 is 6.09 Å². The van der Waals surface area contributed by atoms with Crippen LogP contribution in [0.3, 0.4) is 0 Å². The van der Waals surface area contributed by atoms with E-state index >= 15 is 0 Å². The molecule has 0 fully saturated rings. The van der Waals surface area contributed by atoms with Crippen LogP contribution in [-0.4, -0.2) is 24.1 Å². The monoisotopic (exact) mass is 338 g/mol. The van der Waals surface area contributed by atoms with E-state index in [1.807, 2.05) is 36.4 Å². The first-order chi connectivity index (χ1) is 12.1. The zero-order valence-electron chi connectivity index (χ0n) is 15.0. The first kappa shape index (κ1) is 17.5. The molecule has 1 amide bonds. The summed E-state index contributed by atoms with van der Waals surface area (Å²) in [6.07, 6.45) is 0.652. The van der Waals surface area contributed by atoms with Crippen LogP contribution in [0.2, 0.25) is 0 Å². The fraction of sp³-hybridized carbons (Fsp3) is 0.381. The number of hydrogen-bond acceptors (Lipinski definition) is 3. The topological polar surface area (TPSA) is 41.6 Å². The molecule has 0 unspecified atom stereocenters. The fourth-order valence-electron chi connectivity index (χ4n) is 3.24. The molecule has 1 heterocycles. The summed E-state index contributed by atoms with van der Waals surface area (Å²) in [5.74, 6) is 0.663. The first-order valence-electron chi connectivity index (χ1n) is 8.92. The van der Waals surface area contributed by atoms with Crippen molar-refractivity contribution < 1.29 is 9.53 Å². The fourth-order valence-corrected chi connectivity index (χ4v) is 3.24. The number of hydrogen-bond donors (Lipinski definition) is 1. The molecule has 4 heteroatoms. The molecule has 2 aromatic rings. The molecular weight excluding hydrogens is 312 g/mol. The van der Waals surface area contributed by atoms with Crippen molar-refractivity contribution in [1.82, 2.24) is 4.90 Å². The van der Waals surface area contributed by atoms with Gasteiger partial charge in [-0.3, -0.25) is 10.2 Å². The van der Waals surface area contributed by atoms with Crippen molar-refractivity contribution in [2.24, 2.45) is 5.92 Å². The second-order valence-electron chi connectivity index (χ2n) is 7.05. The second-order valence-corrected chi connectivity index (χ2v) is 7.05. The number of ether oxygens (including phenoxy) is 1. The summed E-state index contributed by atoms with van der Waals surface area (Å²) in [4.78, 5) is 14.5. The predicted octanol–water partition coefficient (Wildman–Crippen LogP) is 4.45. The van der Waals surface area contributed by atoms with Gasteiger partial charge in [-0.25, -0.2) is 4.79 Å². The van der Waals surface area contributed by atoms with Gasteiger partial charge in [0.05, 0.1) is 0 Å². The molecular formula is C21H26N2O2. The van der Waals surface area contributed by atoms with E-state index in [-0.39, 0.29) is 6.61 Å². The maximum Gasteiger partial charge on any atom is 0.411 e. The van der Waals surface area contributed by atoms with Gasteiger partial charge in [0.1, 0.15) is 6.61 Å². The van der Waals surface area contributed by atoms with Crippen LogP contribution in [-0.2, 0) is 24.3 Å². The molecule has 4 nitrogen and oxygen atoms in total. The number of benzene rings is 2. The van der Waals surface area contributed by atoms with Gasteiger partial charge in [0.15, 0.2) is 0 Å². The largest absolute Gasteiger partial charge is 0.444 e. The van der Waals surface area contributed by atoms with Crippen LogP contribution in [0.4, 0.5) is 10.5 Å². The lowest BCUT2D eigenvalue weighted by molar-refractivity contribution is 0.155. The van der Waals surface area contributed by atoms with E-state index in [4.69, 9.17) is 4.74 Å². The van der Waals surface area contributed by atoms with Crippen molar-refractivity contribution in [1.29, 1.82) is 0 Å². The molecule has 1 N–H and O–H groups in total. The molecule has 1 aliphatic heterocycles. The Kier molecular flexibility index (Phi) is 5.71. The number of carbonyl (C=O) groups is 1. The molecule has 0 aliphatic carbocycles. The Morgan fingerprint density at radius 2 is 1.96 bits per heavy atom. The third-order valence-corrected chi connectivity index (χ3v) is 4.38. The molecule has 0 saturated carbocycles. The summed E-state index contributed by atoms with van der Waals surface area (Å²) in [6, 6.07) is 15.8. The van der Waals surface area contributed by atoms with E-state index in [9.17, 15) is 4.79 Å². The predicted molar refractivity (Wildman–Crippen MR) is 101 cm³/mol. The van der Waals surface area contributed by atoms with Crippen LogP contribution in [0.25, 0.3) is 0 Å². The quantitative estimate of drug-likeness (QED) is 0.876. The Morgan fingerprint density at radius 1 is 1.16 bits per heavy atom. The minimum atomic E-state index is -0.418. The molecule has 0 bridgehead atoms. The lowest BCUT2D eigenvalue weighted by Gasteiger charge is -2.30. The number of nitrogens with zero attached hydrogens (tertiary/aromatic N) is 1. The third-order valence-electron chi connectivity index (χ3n) is 4.38. The van der Waals surface area contributed by atoms with E-state index in [1.54, 1.807) is 0 Å². The molecule has 2 aromatic carbocycles. The highest BCUT2D eigenvalue weighted by Gasteiger charge is 2.17. The molecule has 3 rings (SSSR count). The molecule has 1 aliphatic rings. The zero-order chi connectivity index (χ0) is 17.6. The van der Waals surface area contributed by atoms with E-state index in [0.717, 1.165) is 37.3 Å².